The number of nitrogens with one attached hydrogen (secondary N) is 1. The van der Waals surface area contributed by atoms with Gasteiger partial charge in [-0.05, 0) is 62.3 Å². The number of amides is 2. The molecule has 174 valence electrons. The van der Waals surface area contributed by atoms with Crippen molar-refractivity contribution in [2.75, 3.05) is 0 Å². The van der Waals surface area contributed by atoms with E-state index in [1.165, 1.54) is 5.56 Å². The first kappa shape index (κ1) is 25.9. The zero-order chi connectivity index (χ0) is 24.1. The Kier molecular flexibility index (Phi) is 8.53. The molecule has 0 spiro atoms. The fourth-order valence-corrected chi connectivity index (χ4v) is 3.63. The molecule has 4 nitrogen and oxygen atoms in total. The van der Waals surface area contributed by atoms with Gasteiger partial charge in [0.25, 0.3) is 0 Å². The van der Waals surface area contributed by atoms with Crippen molar-refractivity contribution in [1.29, 1.82) is 0 Å². The van der Waals surface area contributed by atoms with Crippen LogP contribution in [0.4, 0.5) is 0 Å². The molecule has 0 fully saturated rings. The third kappa shape index (κ3) is 7.67. The SMILES string of the molecule is C[C@@H](C(=O)NC(C)(C)C)N(Cc1ccccc1Cl)C(=O)CCc1ccc(C(C)(C)C)cc1. The Balaban J connectivity index is 2.17. The minimum Gasteiger partial charge on any atom is -0.350 e. The average Bonchev–Trinajstić information content (AvgIpc) is 2.69. The second-order valence-corrected chi connectivity index (χ2v) is 10.9. The largest absolute Gasteiger partial charge is 0.350 e. The molecule has 5 heteroatoms. The van der Waals surface area contributed by atoms with Crippen LogP contribution in [0.2, 0.25) is 5.02 Å². The van der Waals surface area contributed by atoms with Crippen molar-refractivity contribution >= 4 is 23.4 Å². The first-order chi connectivity index (χ1) is 14.8. The number of rotatable bonds is 7. The molecule has 0 aromatic heterocycles. The van der Waals surface area contributed by atoms with Gasteiger partial charge >= 0.3 is 0 Å². The zero-order valence-corrected chi connectivity index (χ0v) is 21.2. The second-order valence-electron chi connectivity index (χ2n) is 10.5. The van der Waals surface area contributed by atoms with Crippen molar-refractivity contribution in [1.82, 2.24) is 10.2 Å². The molecule has 0 heterocycles. The first-order valence-corrected chi connectivity index (χ1v) is 11.6. The van der Waals surface area contributed by atoms with E-state index in [4.69, 9.17) is 11.6 Å². The second kappa shape index (κ2) is 10.5. The van der Waals surface area contributed by atoms with Crippen LogP contribution in [0.3, 0.4) is 0 Å². The smallest absolute Gasteiger partial charge is 0.242 e. The summed E-state index contributed by atoms with van der Waals surface area (Å²) in [7, 11) is 0. The van der Waals surface area contributed by atoms with Gasteiger partial charge in [-0.1, -0.05) is 74.8 Å². The third-order valence-electron chi connectivity index (χ3n) is 5.41. The Morgan fingerprint density at radius 3 is 2.09 bits per heavy atom. The highest BCUT2D eigenvalue weighted by Gasteiger charge is 2.28. The number of carbonyl (C=O) groups is 2. The van der Waals surface area contributed by atoms with Gasteiger partial charge in [0.15, 0.2) is 0 Å². The van der Waals surface area contributed by atoms with Gasteiger partial charge in [-0.15, -0.1) is 0 Å². The summed E-state index contributed by atoms with van der Waals surface area (Å²) in [5, 5.41) is 3.57. The fraction of sp³-hybridized carbons (Fsp3) is 0.481. The summed E-state index contributed by atoms with van der Waals surface area (Å²) in [4.78, 5) is 27.8. The maximum atomic E-state index is 13.3. The summed E-state index contributed by atoms with van der Waals surface area (Å²) in [6.07, 6.45) is 0.947. The predicted molar refractivity (Wildman–Crippen MR) is 133 cm³/mol. The van der Waals surface area contributed by atoms with Crippen molar-refractivity contribution in [2.24, 2.45) is 0 Å². The van der Waals surface area contributed by atoms with E-state index in [-0.39, 0.29) is 22.8 Å². The minimum absolute atomic E-state index is 0.0682. The van der Waals surface area contributed by atoms with Gasteiger partial charge < -0.3 is 10.2 Å². The highest BCUT2D eigenvalue weighted by atomic mass is 35.5. The predicted octanol–water partition coefficient (Wildman–Crippen LogP) is 5.90. The molecule has 2 rings (SSSR count). The van der Waals surface area contributed by atoms with Crippen LogP contribution in [0.25, 0.3) is 0 Å². The van der Waals surface area contributed by atoms with Crippen LogP contribution in [0.1, 0.15) is 71.6 Å². The van der Waals surface area contributed by atoms with Crippen molar-refractivity contribution in [2.45, 2.75) is 84.8 Å². The molecule has 1 atom stereocenters. The Hall–Kier alpha value is -2.33. The van der Waals surface area contributed by atoms with Gasteiger partial charge in [-0.25, -0.2) is 0 Å². The van der Waals surface area contributed by atoms with Crippen molar-refractivity contribution in [3.63, 3.8) is 0 Å². The Labute approximate surface area is 198 Å². The van der Waals surface area contributed by atoms with E-state index in [1.54, 1.807) is 17.9 Å². The molecule has 0 aliphatic rings. The average molecular weight is 457 g/mol. The fourth-order valence-electron chi connectivity index (χ4n) is 3.43. The number of aryl methyl sites for hydroxylation is 1. The van der Waals surface area contributed by atoms with Gasteiger partial charge in [-0.3, -0.25) is 9.59 Å². The number of halogens is 1. The lowest BCUT2D eigenvalue weighted by atomic mass is 9.86. The van der Waals surface area contributed by atoms with Crippen LogP contribution in [-0.4, -0.2) is 28.3 Å². The summed E-state index contributed by atoms with van der Waals surface area (Å²) < 4.78 is 0. The third-order valence-corrected chi connectivity index (χ3v) is 5.78. The quantitative estimate of drug-likeness (QED) is 0.563. The van der Waals surface area contributed by atoms with Crippen LogP contribution < -0.4 is 5.32 Å². The maximum absolute atomic E-state index is 13.3. The number of benzene rings is 2. The van der Waals surface area contributed by atoms with Gasteiger partial charge in [0, 0.05) is 23.5 Å². The summed E-state index contributed by atoms with van der Waals surface area (Å²) in [5.74, 6) is -0.242. The molecule has 2 amide bonds. The topological polar surface area (TPSA) is 49.4 Å². The molecule has 0 unspecified atom stereocenters. The lowest BCUT2D eigenvalue weighted by molar-refractivity contribution is -0.141. The maximum Gasteiger partial charge on any atom is 0.242 e. The van der Waals surface area contributed by atoms with E-state index in [9.17, 15) is 9.59 Å². The molecule has 2 aromatic carbocycles. The number of nitrogens with zero attached hydrogens (tertiary/aromatic N) is 1. The monoisotopic (exact) mass is 456 g/mol. The van der Waals surface area contributed by atoms with Crippen LogP contribution >= 0.6 is 11.6 Å². The molecular formula is C27H37ClN2O2. The minimum atomic E-state index is -0.610. The Morgan fingerprint density at radius 1 is 0.969 bits per heavy atom. The molecule has 0 bridgehead atoms. The molecule has 1 N–H and O–H groups in total. The molecule has 0 aliphatic carbocycles. The lowest BCUT2D eigenvalue weighted by Gasteiger charge is -2.31. The molecule has 2 aromatic rings. The van der Waals surface area contributed by atoms with Crippen LogP contribution in [0.15, 0.2) is 48.5 Å². The van der Waals surface area contributed by atoms with E-state index in [0.29, 0.717) is 24.4 Å². The highest BCUT2D eigenvalue weighted by molar-refractivity contribution is 6.31. The van der Waals surface area contributed by atoms with Crippen molar-refractivity contribution in [3.05, 3.63) is 70.2 Å². The van der Waals surface area contributed by atoms with E-state index < -0.39 is 6.04 Å². The summed E-state index contributed by atoms with van der Waals surface area (Å²) in [6.45, 7) is 14.4. The van der Waals surface area contributed by atoms with Gasteiger partial charge in [-0.2, -0.15) is 0 Å². The standard InChI is InChI=1S/C27H37ClN2O2/c1-19(25(32)29-27(5,6)7)30(18-21-10-8-9-11-23(21)28)24(31)17-14-20-12-15-22(16-13-20)26(2,3)4/h8-13,15-16,19H,14,17-18H2,1-7H3,(H,29,32)/t19-/m0/s1. The van der Waals surface area contributed by atoms with Crippen LogP contribution in [0.5, 0.6) is 0 Å². The molecule has 32 heavy (non-hydrogen) atoms. The summed E-state index contributed by atoms with van der Waals surface area (Å²) >= 11 is 6.35. The van der Waals surface area contributed by atoms with E-state index in [1.807, 2.05) is 39.0 Å². The number of hydrogen-bond donors (Lipinski definition) is 1. The number of hydrogen-bond acceptors (Lipinski definition) is 2. The van der Waals surface area contributed by atoms with E-state index in [0.717, 1.165) is 11.1 Å². The molecule has 0 saturated heterocycles. The summed E-state index contributed by atoms with van der Waals surface area (Å²) in [6, 6.07) is 15.3. The molecule has 0 saturated carbocycles. The van der Waals surface area contributed by atoms with Crippen molar-refractivity contribution < 1.29 is 9.59 Å². The molecule has 0 aliphatic heterocycles. The van der Waals surface area contributed by atoms with Crippen LogP contribution in [0, 0.1) is 0 Å². The summed E-state index contributed by atoms with van der Waals surface area (Å²) in [5.41, 5.74) is 2.92. The van der Waals surface area contributed by atoms with E-state index >= 15 is 0 Å². The Bertz CT molecular complexity index is 924. The number of carbonyl (C=O) groups excluding carboxylic acids is 2. The Morgan fingerprint density at radius 2 is 1.56 bits per heavy atom. The van der Waals surface area contributed by atoms with Gasteiger partial charge in [0.2, 0.25) is 11.8 Å². The molecular weight excluding hydrogens is 420 g/mol. The first-order valence-electron chi connectivity index (χ1n) is 11.2. The normalized spacial score (nSPS) is 12.9. The zero-order valence-electron chi connectivity index (χ0n) is 20.5. The molecule has 0 radical (unpaired) electrons. The van der Waals surface area contributed by atoms with Gasteiger partial charge in [0.05, 0.1) is 0 Å². The van der Waals surface area contributed by atoms with Crippen LogP contribution in [-0.2, 0) is 28.0 Å². The highest BCUT2D eigenvalue weighted by Crippen LogP contribution is 2.23. The lowest BCUT2D eigenvalue weighted by Crippen LogP contribution is -2.52. The van der Waals surface area contributed by atoms with Gasteiger partial charge in [0.1, 0.15) is 6.04 Å². The van der Waals surface area contributed by atoms with E-state index in [2.05, 4.69) is 50.4 Å². The van der Waals surface area contributed by atoms with Crippen molar-refractivity contribution in [3.8, 4) is 0 Å².